The first kappa shape index (κ1) is 13.8. The quantitative estimate of drug-likeness (QED) is 0.911. The summed E-state index contributed by atoms with van der Waals surface area (Å²) in [7, 11) is 0. The Bertz CT molecular complexity index is 587. The molecule has 0 fully saturated rings. The van der Waals surface area contributed by atoms with Crippen molar-refractivity contribution in [1.82, 2.24) is 5.32 Å². The lowest BCUT2D eigenvalue weighted by Crippen LogP contribution is -2.22. The maximum atomic E-state index is 12.1. The van der Waals surface area contributed by atoms with Gasteiger partial charge in [0.25, 0.3) is 5.91 Å². The molecule has 19 heavy (non-hydrogen) atoms. The molecule has 0 radical (unpaired) electrons. The monoisotopic (exact) mass is 317 g/mol. The summed E-state index contributed by atoms with van der Waals surface area (Å²) in [5.41, 5.74) is 4.06. The molecule has 0 spiro atoms. The minimum atomic E-state index is -0.0501. The maximum Gasteiger partial charge on any atom is 0.251 e. The van der Waals surface area contributed by atoms with Gasteiger partial charge in [-0.2, -0.15) is 0 Å². The van der Waals surface area contributed by atoms with E-state index in [1.165, 1.54) is 5.56 Å². The van der Waals surface area contributed by atoms with Crippen molar-refractivity contribution in [3.63, 3.8) is 0 Å². The number of benzene rings is 2. The van der Waals surface area contributed by atoms with Gasteiger partial charge in [-0.3, -0.25) is 4.79 Å². The number of rotatable bonds is 3. The smallest absolute Gasteiger partial charge is 0.251 e. The molecule has 2 aromatic carbocycles. The number of amides is 1. The van der Waals surface area contributed by atoms with E-state index in [-0.39, 0.29) is 5.91 Å². The van der Waals surface area contributed by atoms with Gasteiger partial charge < -0.3 is 5.32 Å². The van der Waals surface area contributed by atoms with Crippen LogP contribution >= 0.6 is 15.9 Å². The molecule has 2 aromatic rings. The SMILES string of the molecule is Cc1cccc(CNC(=O)c2cc(C)cc(Br)c2)c1. The number of aryl methyl sites for hydroxylation is 2. The lowest BCUT2D eigenvalue weighted by Gasteiger charge is -2.07. The largest absolute Gasteiger partial charge is 0.348 e. The van der Waals surface area contributed by atoms with E-state index in [2.05, 4.69) is 27.3 Å². The van der Waals surface area contributed by atoms with Crippen molar-refractivity contribution in [3.8, 4) is 0 Å². The molecule has 98 valence electrons. The van der Waals surface area contributed by atoms with E-state index in [9.17, 15) is 4.79 Å². The summed E-state index contributed by atoms with van der Waals surface area (Å²) in [5.74, 6) is -0.0501. The van der Waals surface area contributed by atoms with Gasteiger partial charge in [-0.15, -0.1) is 0 Å². The van der Waals surface area contributed by atoms with Crippen LogP contribution in [0.5, 0.6) is 0 Å². The predicted molar refractivity (Wildman–Crippen MR) is 81.2 cm³/mol. The highest BCUT2D eigenvalue weighted by Crippen LogP contribution is 2.15. The zero-order chi connectivity index (χ0) is 13.8. The van der Waals surface area contributed by atoms with Crippen LogP contribution < -0.4 is 5.32 Å². The van der Waals surface area contributed by atoms with E-state index >= 15 is 0 Å². The van der Waals surface area contributed by atoms with Gasteiger partial charge in [-0.1, -0.05) is 45.8 Å². The molecule has 2 nitrogen and oxygen atoms in total. The molecule has 0 atom stereocenters. The highest BCUT2D eigenvalue weighted by molar-refractivity contribution is 9.10. The average molecular weight is 318 g/mol. The van der Waals surface area contributed by atoms with Crippen molar-refractivity contribution in [2.24, 2.45) is 0 Å². The molecule has 0 unspecified atom stereocenters. The summed E-state index contributed by atoms with van der Waals surface area (Å²) in [6.07, 6.45) is 0. The first-order chi connectivity index (χ1) is 9.04. The number of hydrogen-bond acceptors (Lipinski definition) is 1. The van der Waals surface area contributed by atoms with Crippen LogP contribution in [-0.2, 0) is 6.54 Å². The molecular weight excluding hydrogens is 302 g/mol. The van der Waals surface area contributed by atoms with E-state index in [1.807, 2.05) is 50.2 Å². The molecule has 2 rings (SSSR count). The van der Waals surface area contributed by atoms with Gasteiger partial charge in [0, 0.05) is 16.6 Å². The van der Waals surface area contributed by atoms with Gasteiger partial charge in [0.05, 0.1) is 0 Å². The Balaban J connectivity index is 2.05. The third-order valence-corrected chi connectivity index (χ3v) is 3.30. The zero-order valence-electron chi connectivity index (χ0n) is 11.0. The maximum absolute atomic E-state index is 12.1. The molecule has 0 aliphatic rings. The Hall–Kier alpha value is -1.61. The van der Waals surface area contributed by atoms with E-state index in [4.69, 9.17) is 0 Å². The van der Waals surface area contributed by atoms with Crippen LogP contribution in [0.2, 0.25) is 0 Å². The molecule has 3 heteroatoms. The summed E-state index contributed by atoms with van der Waals surface area (Å²) in [5, 5.41) is 2.94. The Morgan fingerprint density at radius 1 is 1.11 bits per heavy atom. The van der Waals surface area contributed by atoms with Crippen LogP contribution in [-0.4, -0.2) is 5.91 Å². The molecule has 1 N–H and O–H groups in total. The standard InChI is InChI=1S/C16H16BrNO/c1-11-4-3-5-13(6-11)10-18-16(19)14-7-12(2)8-15(17)9-14/h3-9H,10H2,1-2H3,(H,18,19). The van der Waals surface area contributed by atoms with Gasteiger partial charge in [-0.25, -0.2) is 0 Å². The van der Waals surface area contributed by atoms with Crippen molar-refractivity contribution in [2.75, 3.05) is 0 Å². The van der Waals surface area contributed by atoms with Crippen LogP contribution in [0.4, 0.5) is 0 Å². The molecule has 0 aromatic heterocycles. The Kier molecular flexibility index (Phi) is 4.38. The first-order valence-electron chi connectivity index (χ1n) is 6.15. The van der Waals surface area contributed by atoms with E-state index in [0.29, 0.717) is 12.1 Å². The molecular formula is C16H16BrNO. The number of hydrogen-bond donors (Lipinski definition) is 1. The molecule has 1 amide bonds. The Morgan fingerprint density at radius 2 is 1.89 bits per heavy atom. The van der Waals surface area contributed by atoms with Gasteiger partial charge in [-0.05, 0) is 43.2 Å². The second kappa shape index (κ2) is 6.02. The molecule has 0 heterocycles. The summed E-state index contributed by atoms with van der Waals surface area (Å²) in [6.45, 7) is 4.57. The number of carbonyl (C=O) groups excluding carboxylic acids is 1. The summed E-state index contributed by atoms with van der Waals surface area (Å²) >= 11 is 3.41. The lowest BCUT2D eigenvalue weighted by molar-refractivity contribution is 0.0950. The van der Waals surface area contributed by atoms with Gasteiger partial charge in [0.2, 0.25) is 0 Å². The molecule has 0 saturated heterocycles. The fourth-order valence-corrected chi connectivity index (χ4v) is 2.58. The summed E-state index contributed by atoms with van der Waals surface area (Å²) < 4.78 is 0.924. The average Bonchev–Trinajstić information content (AvgIpc) is 2.35. The van der Waals surface area contributed by atoms with Crippen molar-refractivity contribution in [1.29, 1.82) is 0 Å². The topological polar surface area (TPSA) is 29.1 Å². The van der Waals surface area contributed by atoms with Crippen molar-refractivity contribution < 1.29 is 4.79 Å². The van der Waals surface area contributed by atoms with Crippen LogP contribution in [0.3, 0.4) is 0 Å². The molecule has 0 bridgehead atoms. The second-order valence-corrected chi connectivity index (χ2v) is 5.60. The van der Waals surface area contributed by atoms with Gasteiger partial charge in [0.15, 0.2) is 0 Å². The third kappa shape index (κ3) is 3.93. The van der Waals surface area contributed by atoms with Crippen LogP contribution in [0.15, 0.2) is 46.9 Å². The van der Waals surface area contributed by atoms with Gasteiger partial charge >= 0.3 is 0 Å². The highest BCUT2D eigenvalue weighted by atomic mass is 79.9. The van der Waals surface area contributed by atoms with E-state index in [0.717, 1.165) is 15.6 Å². The minimum Gasteiger partial charge on any atom is -0.348 e. The Morgan fingerprint density at radius 3 is 2.58 bits per heavy atom. The van der Waals surface area contributed by atoms with Crippen molar-refractivity contribution in [3.05, 3.63) is 69.2 Å². The number of nitrogens with one attached hydrogen (secondary N) is 1. The predicted octanol–water partition coefficient (Wildman–Crippen LogP) is 4.00. The summed E-state index contributed by atoms with van der Waals surface area (Å²) in [6, 6.07) is 13.8. The van der Waals surface area contributed by atoms with Crippen LogP contribution in [0.25, 0.3) is 0 Å². The van der Waals surface area contributed by atoms with Crippen molar-refractivity contribution >= 4 is 21.8 Å². The first-order valence-corrected chi connectivity index (χ1v) is 6.95. The van der Waals surface area contributed by atoms with E-state index < -0.39 is 0 Å². The molecule has 0 aliphatic carbocycles. The van der Waals surface area contributed by atoms with Crippen LogP contribution in [0, 0.1) is 13.8 Å². The lowest BCUT2D eigenvalue weighted by atomic mass is 10.1. The highest BCUT2D eigenvalue weighted by Gasteiger charge is 2.06. The fraction of sp³-hybridized carbons (Fsp3) is 0.188. The number of halogens is 1. The van der Waals surface area contributed by atoms with Gasteiger partial charge in [0.1, 0.15) is 0 Å². The summed E-state index contributed by atoms with van der Waals surface area (Å²) in [4.78, 5) is 12.1. The third-order valence-electron chi connectivity index (χ3n) is 2.84. The second-order valence-electron chi connectivity index (χ2n) is 4.69. The normalized spacial score (nSPS) is 10.3. The minimum absolute atomic E-state index is 0.0501. The molecule has 0 saturated carbocycles. The van der Waals surface area contributed by atoms with Crippen molar-refractivity contribution in [2.45, 2.75) is 20.4 Å². The van der Waals surface area contributed by atoms with E-state index in [1.54, 1.807) is 0 Å². The fourth-order valence-electron chi connectivity index (χ4n) is 1.97. The van der Waals surface area contributed by atoms with Crippen LogP contribution in [0.1, 0.15) is 27.0 Å². The molecule has 0 aliphatic heterocycles. The zero-order valence-corrected chi connectivity index (χ0v) is 12.6. The number of carbonyl (C=O) groups is 1. The Labute approximate surface area is 122 Å².